The Balaban J connectivity index is 1.82. The van der Waals surface area contributed by atoms with Crippen LogP contribution in [0.2, 0.25) is 0 Å². The number of benzene rings is 1. The summed E-state index contributed by atoms with van der Waals surface area (Å²) in [6.07, 6.45) is 5.20. The molecular formula is C18H22N2O4S. The van der Waals surface area contributed by atoms with E-state index in [2.05, 4.69) is 10.8 Å². The van der Waals surface area contributed by atoms with Crippen LogP contribution >= 0.6 is 0 Å². The van der Waals surface area contributed by atoms with Gasteiger partial charge in [-0.25, -0.2) is 13.1 Å². The third-order valence-corrected chi connectivity index (χ3v) is 4.91. The van der Waals surface area contributed by atoms with Crippen LogP contribution in [0.1, 0.15) is 41.1 Å². The topological polar surface area (TPSA) is 79.6 Å². The highest BCUT2D eigenvalue weighted by Gasteiger charge is 2.23. The Labute approximate surface area is 147 Å². The second kappa shape index (κ2) is 7.41. The molecule has 1 aliphatic heterocycles. The van der Waals surface area contributed by atoms with Gasteiger partial charge in [0, 0.05) is 12.2 Å². The van der Waals surface area contributed by atoms with E-state index in [1.165, 1.54) is 5.56 Å². The summed E-state index contributed by atoms with van der Waals surface area (Å²) < 4.78 is 30.3. The molecule has 25 heavy (non-hydrogen) atoms. The summed E-state index contributed by atoms with van der Waals surface area (Å²) >= 11 is 0. The van der Waals surface area contributed by atoms with Gasteiger partial charge in [-0.1, -0.05) is 24.6 Å². The van der Waals surface area contributed by atoms with Crippen LogP contribution in [0.3, 0.4) is 0 Å². The van der Waals surface area contributed by atoms with Crippen molar-refractivity contribution in [3.8, 4) is 0 Å². The molecule has 7 heteroatoms. The standard InChI is InChI=1S/C18H22N2O4S/c1-25(22,23)19-13-15-10-11-17(24-15)18(21)20-12-6-2-3-7-14-8-4-5-9-16(14)20/h4-5,8-11,19H,2-3,6-7,12-13H2,1H3. The van der Waals surface area contributed by atoms with Gasteiger partial charge in [0.25, 0.3) is 5.91 Å². The Morgan fingerprint density at radius 3 is 2.76 bits per heavy atom. The summed E-state index contributed by atoms with van der Waals surface area (Å²) in [5.74, 6) is 0.440. The van der Waals surface area contributed by atoms with E-state index in [9.17, 15) is 13.2 Å². The SMILES string of the molecule is CS(=O)(=O)NCc1ccc(C(=O)N2CCCCCc3ccccc32)o1. The van der Waals surface area contributed by atoms with E-state index in [1.807, 2.05) is 18.2 Å². The maximum absolute atomic E-state index is 12.9. The van der Waals surface area contributed by atoms with Gasteiger partial charge in [-0.05, 0) is 43.0 Å². The lowest BCUT2D eigenvalue weighted by Crippen LogP contribution is -2.33. The van der Waals surface area contributed by atoms with Crippen molar-refractivity contribution in [2.24, 2.45) is 0 Å². The van der Waals surface area contributed by atoms with Crippen LogP contribution in [-0.4, -0.2) is 27.1 Å². The highest BCUT2D eigenvalue weighted by Crippen LogP contribution is 2.27. The molecule has 0 bridgehead atoms. The summed E-state index contributed by atoms with van der Waals surface area (Å²) in [6, 6.07) is 11.2. The van der Waals surface area contributed by atoms with Gasteiger partial charge in [-0.2, -0.15) is 0 Å². The van der Waals surface area contributed by atoms with Crippen molar-refractivity contribution in [3.05, 3.63) is 53.5 Å². The van der Waals surface area contributed by atoms with E-state index >= 15 is 0 Å². The average molecular weight is 362 g/mol. The van der Waals surface area contributed by atoms with Gasteiger partial charge in [0.1, 0.15) is 5.76 Å². The van der Waals surface area contributed by atoms with Crippen molar-refractivity contribution >= 4 is 21.6 Å². The first kappa shape index (κ1) is 17.7. The number of fused-ring (bicyclic) bond motifs is 1. The molecule has 1 aromatic heterocycles. The number of carbonyl (C=O) groups is 1. The number of para-hydroxylation sites is 1. The van der Waals surface area contributed by atoms with Gasteiger partial charge in [-0.3, -0.25) is 4.79 Å². The monoisotopic (exact) mass is 362 g/mol. The van der Waals surface area contributed by atoms with Crippen LogP contribution in [0, 0.1) is 0 Å². The molecule has 0 saturated carbocycles. The first-order valence-corrected chi connectivity index (χ1v) is 10.3. The summed E-state index contributed by atoms with van der Waals surface area (Å²) in [6.45, 7) is 0.677. The van der Waals surface area contributed by atoms with Crippen molar-refractivity contribution in [1.82, 2.24) is 4.72 Å². The molecule has 0 unspecified atom stereocenters. The molecule has 1 aromatic carbocycles. The van der Waals surface area contributed by atoms with Gasteiger partial charge >= 0.3 is 0 Å². The fourth-order valence-corrected chi connectivity index (χ4v) is 3.41. The number of nitrogens with zero attached hydrogens (tertiary/aromatic N) is 1. The number of sulfonamides is 1. The van der Waals surface area contributed by atoms with Crippen LogP contribution in [-0.2, 0) is 23.0 Å². The highest BCUT2D eigenvalue weighted by molar-refractivity contribution is 7.88. The zero-order valence-electron chi connectivity index (χ0n) is 14.2. The molecule has 0 saturated heterocycles. The lowest BCUT2D eigenvalue weighted by molar-refractivity contribution is 0.0957. The molecule has 1 N–H and O–H groups in total. The normalized spacial score (nSPS) is 15.3. The number of rotatable bonds is 4. The molecule has 134 valence electrons. The number of hydrogen-bond donors (Lipinski definition) is 1. The van der Waals surface area contributed by atoms with Gasteiger partial charge in [0.15, 0.2) is 5.76 Å². The fraction of sp³-hybridized carbons (Fsp3) is 0.389. The first-order valence-electron chi connectivity index (χ1n) is 8.37. The van der Waals surface area contributed by atoms with E-state index in [0.29, 0.717) is 12.3 Å². The summed E-state index contributed by atoms with van der Waals surface area (Å²) in [4.78, 5) is 14.7. The number of aryl methyl sites for hydroxylation is 1. The summed E-state index contributed by atoms with van der Waals surface area (Å²) in [7, 11) is -3.31. The van der Waals surface area contributed by atoms with Crippen molar-refractivity contribution in [1.29, 1.82) is 0 Å². The molecule has 6 nitrogen and oxygen atoms in total. The molecule has 0 fully saturated rings. The maximum atomic E-state index is 12.9. The van der Waals surface area contributed by atoms with E-state index in [1.54, 1.807) is 17.0 Å². The van der Waals surface area contributed by atoms with Gasteiger partial charge < -0.3 is 9.32 Å². The Hall–Kier alpha value is -2.12. The maximum Gasteiger partial charge on any atom is 0.293 e. The Bertz CT molecular complexity index is 857. The van der Waals surface area contributed by atoms with E-state index < -0.39 is 10.0 Å². The predicted molar refractivity (Wildman–Crippen MR) is 96.1 cm³/mol. The number of amides is 1. The van der Waals surface area contributed by atoms with E-state index in [4.69, 9.17) is 4.42 Å². The van der Waals surface area contributed by atoms with Crippen LogP contribution < -0.4 is 9.62 Å². The minimum absolute atomic E-state index is 0.0305. The molecule has 0 atom stereocenters. The number of hydrogen-bond acceptors (Lipinski definition) is 4. The lowest BCUT2D eigenvalue weighted by atomic mass is 10.0. The minimum atomic E-state index is -3.31. The van der Waals surface area contributed by atoms with Gasteiger partial charge in [0.2, 0.25) is 10.0 Å². The quantitative estimate of drug-likeness (QED) is 0.907. The summed E-state index contributed by atoms with van der Waals surface area (Å²) in [5.41, 5.74) is 2.10. The largest absolute Gasteiger partial charge is 0.455 e. The summed E-state index contributed by atoms with van der Waals surface area (Å²) in [5, 5.41) is 0. The highest BCUT2D eigenvalue weighted by atomic mass is 32.2. The first-order chi connectivity index (χ1) is 11.9. The second-order valence-electron chi connectivity index (χ2n) is 6.26. The van der Waals surface area contributed by atoms with E-state index in [0.717, 1.165) is 37.6 Å². The molecule has 2 heterocycles. The number of anilines is 1. The predicted octanol–water partition coefficient (Wildman–Crippen LogP) is 2.70. The van der Waals surface area contributed by atoms with Crippen LogP contribution in [0.5, 0.6) is 0 Å². The average Bonchev–Trinajstić information content (AvgIpc) is 3.02. The third kappa shape index (κ3) is 4.49. The molecule has 0 spiro atoms. The minimum Gasteiger partial charge on any atom is -0.455 e. The molecule has 0 aliphatic carbocycles. The van der Waals surface area contributed by atoms with Crippen LogP contribution in [0.4, 0.5) is 5.69 Å². The smallest absolute Gasteiger partial charge is 0.293 e. The number of carbonyl (C=O) groups excluding carboxylic acids is 1. The molecule has 1 amide bonds. The van der Waals surface area contributed by atoms with E-state index in [-0.39, 0.29) is 18.2 Å². The molecular weight excluding hydrogens is 340 g/mol. The number of nitrogens with one attached hydrogen (secondary N) is 1. The Kier molecular flexibility index (Phi) is 5.24. The fourth-order valence-electron chi connectivity index (χ4n) is 3.00. The Morgan fingerprint density at radius 2 is 1.96 bits per heavy atom. The molecule has 0 radical (unpaired) electrons. The molecule has 2 aromatic rings. The molecule has 3 rings (SSSR count). The zero-order valence-corrected chi connectivity index (χ0v) is 15.0. The second-order valence-corrected chi connectivity index (χ2v) is 8.09. The van der Waals surface area contributed by atoms with Crippen LogP contribution in [0.25, 0.3) is 0 Å². The van der Waals surface area contributed by atoms with Crippen molar-refractivity contribution in [2.75, 3.05) is 17.7 Å². The number of furan rings is 1. The Morgan fingerprint density at radius 1 is 1.16 bits per heavy atom. The zero-order chi connectivity index (χ0) is 17.9. The third-order valence-electron chi connectivity index (χ3n) is 4.24. The lowest BCUT2D eigenvalue weighted by Gasteiger charge is -2.26. The van der Waals surface area contributed by atoms with Crippen molar-refractivity contribution in [2.45, 2.75) is 32.2 Å². The van der Waals surface area contributed by atoms with Gasteiger partial charge in [-0.15, -0.1) is 0 Å². The van der Waals surface area contributed by atoms with Crippen LogP contribution in [0.15, 0.2) is 40.8 Å². The van der Waals surface area contributed by atoms with Crippen molar-refractivity contribution < 1.29 is 17.6 Å². The molecule has 1 aliphatic rings. The van der Waals surface area contributed by atoms with Crippen molar-refractivity contribution in [3.63, 3.8) is 0 Å². The van der Waals surface area contributed by atoms with Gasteiger partial charge in [0.05, 0.1) is 12.8 Å².